The number of hydrogen-bond donors (Lipinski definition) is 1. The van der Waals surface area contributed by atoms with Gasteiger partial charge in [0, 0.05) is 12.1 Å². The molecule has 1 amide bonds. The van der Waals surface area contributed by atoms with Crippen LogP contribution in [0, 0.1) is 24.4 Å². The normalized spacial score (nSPS) is 10.8. The second-order valence-corrected chi connectivity index (χ2v) is 6.97. The Kier molecular flexibility index (Phi) is 6.03. The van der Waals surface area contributed by atoms with Gasteiger partial charge in [0.15, 0.2) is 18.2 Å². The first-order chi connectivity index (χ1) is 15.8. The number of rotatable bonds is 6. The lowest BCUT2D eigenvalue weighted by Crippen LogP contribution is -2.20. The van der Waals surface area contributed by atoms with Gasteiger partial charge >= 0.3 is 0 Å². The number of carbonyl (C=O) groups is 1. The van der Waals surface area contributed by atoms with Gasteiger partial charge in [0.25, 0.3) is 5.91 Å². The van der Waals surface area contributed by atoms with Gasteiger partial charge in [-0.2, -0.15) is 0 Å². The second kappa shape index (κ2) is 9.07. The van der Waals surface area contributed by atoms with Crippen LogP contribution in [0.3, 0.4) is 0 Å². The van der Waals surface area contributed by atoms with Gasteiger partial charge in [-0.05, 0) is 43.3 Å². The first kappa shape index (κ1) is 21.9. The molecule has 0 atom stereocenters. The molecule has 0 bridgehead atoms. The van der Waals surface area contributed by atoms with Crippen molar-refractivity contribution in [1.82, 2.24) is 0 Å². The SMILES string of the molecule is Cc1oc2cc(OCC(=O)Nc3ccc(F)cc3F)ccc2c(=O)c1Oc1ccccc1F. The van der Waals surface area contributed by atoms with Gasteiger partial charge in [0.05, 0.1) is 11.1 Å². The van der Waals surface area contributed by atoms with Crippen molar-refractivity contribution in [1.29, 1.82) is 0 Å². The van der Waals surface area contributed by atoms with Crippen molar-refractivity contribution in [3.8, 4) is 17.2 Å². The number of para-hydroxylation sites is 1. The van der Waals surface area contributed by atoms with Crippen molar-refractivity contribution in [3.63, 3.8) is 0 Å². The summed E-state index contributed by atoms with van der Waals surface area (Å²) in [6.45, 7) is 1.02. The topological polar surface area (TPSA) is 77.8 Å². The van der Waals surface area contributed by atoms with Crippen LogP contribution in [0.15, 0.2) is 69.9 Å². The summed E-state index contributed by atoms with van der Waals surface area (Å²) in [6.07, 6.45) is 0. The minimum Gasteiger partial charge on any atom is -0.484 e. The fraction of sp³-hybridized carbons (Fsp3) is 0.0833. The molecule has 0 unspecified atom stereocenters. The van der Waals surface area contributed by atoms with Crippen molar-refractivity contribution >= 4 is 22.6 Å². The number of halogens is 3. The van der Waals surface area contributed by atoms with E-state index < -0.39 is 35.4 Å². The van der Waals surface area contributed by atoms with E-state index in [4.69, 9.17) is 13.9 Å². The molecule has 168 valence electrons. The summed E-state index contributed by atoms with van der Waals surface area (Å²) in [4.78, 5) is 24.9. The van der Waals surface area contributed by atoms with Gasteiger partial charge < -0.3 is 19.2 Å². The van der Waals surface area contributed by atoms with Crippen LogP contribution in [-0.2, 0) is 4.79 Å². The number of hydrogen-bond acceptors (Lipinski definition) is 5. The summed E-state index contributed by atoms with van der Waals surface area (Å²) in [7, 11) is 0. The summed E-state index contributed by atoms with van der Waals surface area (Å²) in [5.74, 6) is -2.92. The van der Waals surface area contributed by atoms with E-state index in [-0.39, 0.29) is 39.7 Å². The van der Waals surface area contributed by atoms with Gasteiger partial charge in [-0.3, -0.25) is 9.59 Å². The third-order valence-corrected chi connectivity index (χ3v) is 4.61. The lowest BCUT2D eigenvalue weighted by Gasteiger charge is -2.11. The Morgan fingerprint density at radius 1 is 1.00 bits per heavy atom. The molecule has 0 saturated carbocycles. The minimum atomic E-state index is -0.917. The van der Waals surface area contributed by atoms with E-state index in [2.05, 4.69) is 5.32 Å². The molecule has 0 saturated heterocycles. The summed E-state index contributed by atoms with van der Waals surface area (Å²) in [5.41, 5.74) is -0.526. The number of amides is 1. The molecule has 33 heavy (non-hydrogen) atoms. The van der Waals surface area contributed by atoms with Gasteiger partial charge in [-0.15, -0.1) is 0 Å². The zero-order valence-corrected chi connectivity index (χ0v) is 17.2. The maximum atomic E-state index is 13.9. The van der Waals surface area contributed by atoms with Gasteiger partial charge in [0.1, 0.15) is 28.7 Å². The summed E-state index contributed by atoms with van der Waals surface area (Å²) in [6, 6.07) is 12.7. The average Bonchev–Trinajstić information content (AvgIpc) is 2.78. The monoisotopic (exact) mass is 455 g/mol. The molecule has 0 spiro atoms. The molecule has 6 nitrogen and oxygen atoms in total. The summed E-state index contributed by atoms with van der Waals surface area (Å²) >= 11 is 0. The number of aryl methyl sites for hydroxylation is 1. The molecule has 4 rings (SSSR count). The Morgan fingerprint density at radius 2 is 1.79 bits per heavy atom. The van der Waals surface area contributed by atoms with Crippen LogP contribution in [0.4, 0.5) is 18.9 Å². The van der Waals surface area contributed by atoms with Crippen molar-refractivity contribution in [3.05, 3.63) is 94.1 Å². The number of ether oxygens (including phenoxy) is 2. The van der Waals surface area contributed by atoms with Crippen molar-refractivity contribution in [2.45, 2.75) is 6.92 Å². The molecule has 0 radical (unpaired) electrons. The highest BCUT2D eigenvalue weighted by Crippen LogP contribution is 2.28. The van der Waals surface area contributed by atoms with Crippen LogP contribution in [-0.4, -0.2) is 12.5 Å². The molecular formula is C24H16F3NO5. The van der Waals surface area contributed by atoms with E-state index in [1.54, 1.807) is 6.07 Å². The van der Waals surface area contributed by atoms with E-state index >= 15 is 0 Å². The van der Waals surface area contributed by atoms with E-state index in [0.717, 1.165) is 12.1 Å². The molecule has 0 fully saturated rings. The van der Waals surface area contributed by atoms with Gasteiger partial charge in [0.2, 0.25) is 11.2 Å². The molecule has 0 aliphatic rings. The number of fused-ring (bicyclic) bond motifs is 1. The molecule has 0 aliphatic carbocycles. The Hall–Kier alpha value is -4.27. The molecule has 9 heteroatoms. The minimum absolute atomic E-state index is 0.115. The lowest BCUT2D eigenvalue weighted by molar-refractivity contribution is -0.118. The van der Waals surface area contributed by atoms with E-state index in [1.807, 2.05) is 0 Å². The zero-order valence-electron chi connectivity index (χ0n) is 17.2. The number of carbonyl (C=O) groups excluding carboxylic acids is 1. The molecule has 3 aromatic carbocycles. The lowest BCUT2D eigenvalue weighted by atomic mass is 10.2. The highest BCUT2D eigenvalue weighted by molar-refractivity contribution is 5.92. The van der Waals surface area contributed by atoms with Crippen LogP contribution in [0.2, 0.25) is 0 Å². The standard InChI is InChI=1S/C24H16F3NO5/c1-13-24(33-20-5-3-2-4-17(20)26)23(30)16-8-7-15(11-21(16)32-13)31-12-22(29)28-19-9-6-14(25)10-18(19)27/h2-11H,12H2,1H3,(H,28,29). The van der Waals surface area contributed by atoms with Gasteiger partial charge in [-0.25, -0.2) is 13.2 Å². The molecule has 1 N–H and O–H groups in total. The molecule has 1 heterocycles. The number of benzene rings is 3. The Balaban J connectivity index is 1.50. The Morgan fingerprint density at radius 3 is 2.55 bits per heavy atom. The maximum Gasteiger partial charge on any atom is 0.262 e. The highest BCUT2D eigenvalue weighted by Gasteiger charge is 2.16. The smallest absolute Gasteiger partial charge is 0.262 e. The van der Waals surface area contributed by atoms with Crippen molar-refractivity contribution in [2.75, 3.05) is 11.9 Å². The Labute approximate surface area is 185 Å². The van der Waals surface area contributed by atoms with Crippen molar-refractivity contribution in [2.24, 2.45) is 0 Å². The van der Waals surface area contributed by atoms with Crippen LogP contribution >= 0.6 is 0 Å². The van der Waals surface area contributed by atoms with Crippen LogP contribution in [0.25, 0.3) is 11.0 Å². The second-order valence-electron chi connectivity index (χ2n) is 6.97. The predicted octanol–water partition coefficient (Wildman–Crippen LogP) is 5.33. The maximum absolute atomic E-state index is 13.9. The average molecular weight is 455 g/mol. The fourth-order valence-corrected chi connectivity index (χ4v) is 3.04. The number of anilines is 1. The molecule has 1 aromatic heterocycles. The summed E-state index contributed by atoms with van der Waals surface area (Å²) in [5, 5.41) is 2.44. The van der Waals surface area contributed by atoms with Crippen LogP contribution < -0.4 is 20.2 Å². The van der Waals surface area contributed by atoms with Crippen molar-refractivity contribution < 1.29 is 31.9 Å². The molecule has 4 aromatic rings. The first-order valence-electron chi connectivity index (χ1n) is 9.69. The largest absolute Gasteiger partial charge is 0.484 e. The predicted molar refractivity (Wildman–Crippen MR) is 114 cm³/mol. The third-order valence-electron chi connectivity index (χ3n) is 4.61. The third kappa shape index (κ3) is 4.82. The number of nitrogens with one attached hydrogen (secondary N) is 1. The quantitative estimate of drug-likeness (QED) is 0.425. The van der Waals surface area contributed by atoms with Gasteiger partial charge in [-0.1, -0.05) is 12.1 Å². The van der Waals surface area contributed by atoms with Crippen LogP contribution in [0.5, 0.6) is 17.2 Å². The zero-order chi connectivity index (χ0) is 23.5. The van der Waals surface area contributed by atoms with E-state index in [0.29, 0.717) is 6.07 Å². The fourth-order valence-electron chi connectivity index (χ4n) is 3.04. The van der Waals surface area contributed by atoms with E-state index in [1.165, 1.54) is 43.3 Å². The highest BCUT2D eigenvalue weighted by atomic mass is 19.1. The first-order valence-corrected chi connectivity index (χ1v) is 9.69. The molecule has 0 aliphatic heterocycles. The molecular weight excluding hydrogens is 439 g/mol. The van der Waals surface area contributed by atoms with Crippen LogP contribution in [0.1, 0.15) is 5.76 Å². The Bertz CT molecular complexity index is 1420. The van der Waals surface area contributed by atoms with E-state index in [9.17, 15) is 22.8 Å². The summed E-state index contributed by atoms with van der Waals surface area (Å²) < 4.78 is 57.0.